The molecular formula is C21H29Br2NO. The average molecular weight is 471 g/mol. The molecule has 0 amide bonds. The molecule has 25 heavy (non-hydrogen) atoms. The first-order valence-electron chi connectivity index (χ1n) is 9.60. The van der Waals surface area contributed by atoms with Gasteiger partial charge in [0, 0.05) is 12.1 Å². The van der Waals surface area contributed by atoms with Crippen LogP contribution in [0.1, 0.15) is 64.9 Å². The summed E-state index contributed by atoms with van der Waals surface area (Å²) in [7, 11) is 0. The van der Waals surface area contributed by atoms with Crippen LogP contribution >= 0.6 is 31.9 Å². The molecule has 1 aromatic rings. The van der Waals surface area contributed by atoms with Gasteiger partial charge < -0.3 is 10.1 Å². The Morgan fingerprint density at radius 2 is 1.64 bits per heavy atom. The lowest BCUT2D eigenvalue weighted by atomic mass is 9.43. The predicted molar refractivity (Wildman–Crippen MR) is 110 cm³/mol. The van der Waals surface area contributed by atoms with Crippen molar-refractivity contribution in [2.45, 2.75) is 71.4 Å². The van der Waals surface area contributed by atoms with Crippen LogP contribution in [0.25, 0.3) is 0 Å². The van der Waals surface area contributed by atoms with E-state index in [1.54, 1.807) is 0 Å². The smallest absolute Gasteiger partial charge is 0.147 e. The SMILES string of the molecule is CCOc1c(Br)cc(CNC23CC4C[C@@](C)(C2)C[C@](C)(C4)C3)cc1Br. The van der Waals surface area contributed by atoms with Crippen molar-refractivity contribution in [2.75, 3.05) is 6.61 Å². The third-order valence-electron chi connectivity index (χ3n) is 6.64. The van der Waals surface area contributed by atoms with Crippen LogP contribution < -0.4 is 10.1 Å². The molecule has 4 atom stereocenters. The molecule has 138 valence electrons. The highest BCUT2D eigenvalue weighted by Gasteiger charge is 2.59. The number of halogens is 2. The van der Waals surface area contributed by atoms with E-state index in [0.29, 0.717) is 23.0 Å². The van der Waals surface area contributed by atoms with Crippen LogP contribution in [0.15, 0.2) is 21.1 Å². The van der Waals surface area contributed by atoms with Gasteiger partial charge in [0.25, 0.3) is 0 Å². The van der Waals surface area contributed by atoms with Crippen LogP contribution in [0.3, 0.4) is 0 Å². The molecular weight excluding hydrogens is 442 g/mol. The fourth-order valence-corrected chi connectivity index (χ4v) is 8.44. The van der Waals surface area contributed by atoms with E-state index in [1.807, 2.05) is 6.92 Å². The Hall–Kier alpha value is -0.0600. The van der Waals surface area contributed by atoms with Gasteiger partial charge in [0.15, 0.2) is 0 Å². The van der Waals surface area contributed by atoms with Gasteiger partial charge in [-0.05, 0) is 112 Å². The van der Waals surface area contributed by atoms with Gasteiger partial charge in [-0.1, -0.05) is 13.8 Å². The van der Waals surface area contributed by atoms with Crippen LogP contribution in [0.4, 0.5) is 0 Å². The van der Waals surface area contributed by atoms with Crippen molar-refractivity contribution in [3.8, 4) is 5.75 Å². The molecule has 2 unspecified atom stereocenters. The summed E-state index contributed by atoms with van der Waals surface area (Å²) in [5.74, 6) is 1.83. The maximum absolute atomic E-state index is 5.71. The zero-order valence-corrected chi connectivity index (χ0v) is 18.7. The summed E-state index contributed by atoms with van der Waals surface area (Å²) in [4.78, 5) is 0. The second kappa shape index (κ2) is 6.24. The largest absolute Gasteiger partial charge is 0.492 e. The van der Waals surface area contributed by atoms with Crippen LogP contribution in [-0.2, 0) is 6.54 Å². The molecule has 0 radical (unpaired) electrons. The minimum atomic E-state index is 0.348. The van der Waals surface area contributed by atoms with Crippen LogP contribution in [0, 0.1) is 16.7 Å². The molecule has 0 heterocycles. The lowest BCUT2D eigenvalue weighted by Gasteiger charge is -2.65. The van der Waals surface area contributed by atoms with Gasteiger partial charge >= 0.3 is 0 Å². The van der Waals surface area contributed by atoms with Crippen LogP contribution in [0.5, 0.6) is 5.75 Å². The van der Waals surface area contributed by atoms with Crippen molar-refractivity contribution in [1.82, 2.24) is 5.32 Å². The van der Waals surface area contributed by atoms with Gasteiger partial charge in [-0.15, -0.1) is 0 Å². The molecule has 4 aliphatic carbocycles. The van der Waals surface area contributed by atoms with E-state index in [0.717, 1.165) is 27.2 Å². The maximum Gasteiger partial charge on any atom is 0.147 e. The fourth-order valence-electron chi connectivity index (χ4n) is 6.93. The summed E-state index contributed by atoms with van der Waals surface area (Å²) in [6.07, 6.45) is 8.41. The number of hydrogen-bond acceptors (Lipinski definition) is 2. The summed E-state index contributed by atoms with van der Waals surface area (Å²) >= 11 is 7.33. The molecule has 5 rings (SSSR count). The van der Waals surface area contributed by atoms with E-state index in [9.17, 15) is 0 Å². The third kappa shape index (κ3) is 3.43. The highest BCUT2D eigenvalue weighted by molar-refractivity contribution is 9.11. The average Bonchev–Trinajstić information content (AvgIpc) is 2.45. The Labute approximate surface area is 168 Å². The Morgan fingerprint density at radius 3 is 2.16 bits per heavy atom. The summed E-state index contributed by atoms with van der Waals surface area (Å²) in [5.41, 5.74) is 2.77. The number of rotatable bonds is 5. The van der Waals surface area contributed by atoms with Gasteiger partial charge in [-0.3, -0.25) is 0 Å². The number of benzene rings is 1. The Morgan fingerprint density at radius 1 is 1.04 bits per heavy atom. The summed E-state index contributed by atoms with van der Waals surface area (Å²) < 4.78 is 7.78. The maximum atomic E-state index is 5.71. The Kier molecular flexibility index (Phi) is 4.57. The predicted octanol–water partition coefficient (Wildman–Crippen LogP) is 6.45. The minimum Gasteiger partial charge on any atom is -0.492 e. The molecule has 0 saturated heterocycles. The number of nitrogens with one attached hydrogen (secondary N) is 1. The highest BCUT2D eigenvalue weighted by atomic mass is 79.9. The number of ether oxygens (including phenoxy) is 1. The number of hydrogen-bond donors (Lipinski definition) is 1. The van der Waals surface area contributed by atoms with Crippen molar-refractivity contribution in [3.05, 3.63) is 26.6 Å². The first kappa shape index (κ1) is 18.3. The first-order chi connectivity index (χ1) is 11.7. The molecule has 0 spiro atoms. The Bertz CT molecular complexity index is 647. The van der Waals surface area contributed by atoms with Crippen molar-refractivity contribution in [2.24, 2.45) is 16.7 Å². The first-order valence-corrected chi connectivity index (χ1v) is 11.2. The lowest BCUT2D eigenvalue weighted by molar-refractivity contribution is -0.118. The van der Waals surface area contributed by atoms with Gasteiger partial charge in [-0.25, -0.2) is 0 Å². The van der Waals surface area contributed by atoms with E-state index in [2.05, 4.69) is 63.2 Å². The summed E-state index contributed by atoms with van der Waals surface area (Å²) in [6, 6.07) is 4.40. The molecule has 0 aliphatic heterocycles. The molecule has 0 aromatic heterocycles. The van der Waals surface area contributed by atoms with E-state index in [-0.39, 0.29) is 0 Å². The topological polar surface area (TPSA) is 21.3 Å². The van der Waals surface area contributed by atoms with E-state index < -0.39 is 0 Å². The molecule has 4 heteroatoms. The zero-order valence-electron chi connectivity index (χ0n) is 15.6. The molecule has 2 nitrogen and oxygen atoms in total. The lowest BCUT2D eigenvalue weighted by Crippen LogP contribution is -2.63. The standard InChI is InChI=1S/C21H29Br2NO/c1-4-25-18-16(22)5-14(6-17(18)23)10-24-21-9-15-7-19(2,12-21)11-20(3,8-15)13-21/h5-6,15,24H,4,7-13H2,1-3H3/t15?,19-,20+,21?. The van der Waals surface area contributed by atoms with Crippen molar-refractivity contribution in [3.63, 3.8) is 0 Å². The van der Waals surface area contributed by atoms with Crippen LogP contribution in [0.2, 0.25) is 0 Å². The van der Waals surface area contributed by atoms with Gasteiger partial charge in [0.05, 0.1) is 15.6 Å². The van der Waals surface area contributed by atoms with Gasteiger partial charge in [0.1, 0.15) is 5.75 Å². The van der Waals surface area contributed by atoms with Gasteiger partial charge in [-0.2, -0.15) is 0 Å². The second-order valence-electron chi connectivity index (χ2n) is 9.59. The zero-order chi connectivity index (χ0) is 17.9. The fraction of sp³-hybridized carbons (Fsp3) is 0.714. The quantitative estimate of drug-likeness (QED) is 0.533. The Balaban J connectivity index is 1.52. The van der Waals surface area contributed by atoms with Gasteiger partial charge in [0.2, 0.25) is 0 Å². The molecule has 4 bridgehead atoms. The van der Waals surface area contributed by atoms with E-state index >= 15 is 0 Å². The second-order valence-corrected chi connectivity index (χ2v) is 11.3. The van der Waals surface area contributed by atoms with Crippen LogP contribution in [-0.4, -0.2) is 12.1 Å². The monoisotopic (exact) mass is 469 g/mol. The molecule has 1 N–H and O–H groups in total. The van der Waals surface area contributed by atoms with E-state index in [1.165, 1.54) is 44.1 Å². The summed E-state index contributed by atoms with van der Waals surface area (Å²) in [5, 5.41) is 4.02. The minimum absolute atomic E-state index is 0.348. The molecule has 4 aliphatic rings. The summed E-state index contributed by atoms with van der Waals surface area (Å²) in [6.45, 7) is 8.70. The normalized spacial score (nSPS) is 39.0. The van der Waals surface area contributed by atoms with Crippen molar-refractivity contribution < 1.29 is 4.74 Å². The van der Waals surface area contributed by atoms with Crippen molar-refractivity contribution >= 4 is 31.9 Å². The highest BCUT2D eigenvalue weighted by Crippen LogP contribution is 2.66. The van der Waals surface area contributed by atoms with Crippen molar-refractivity contribution in [1.29, 1.82) is 0 Å². The third-order valence-corrected chi connectivity index (χ3v) is 7.82. The van der Waals surface area contributed by atoms with E-state index in [4.69, 9.17) is 4.74 Å². The molecule has 4 saturated carbocycles. The molecule has 1 aromatic carbocycles. The molecule has 4 fully saturated rings.